The third-order valence-corrected chi connectivity index (χ3v) is 2.27. The molecule has 4 N–H and O–H groups in total. The topological polar surface area (TPSA) is 76.4 Å². The first kappa shape index (κ1) is 15.3. The Balaban J connectivity index is 2.64. The summed E-state index contributed by atoms with van der Waals surface area (Å²) in [5, 5.41) is 5.93. The third kappa shape index (κ3) is 6.10. The molecule has 0 saturated heterocycles. The lowest BCUT2D eigenvalue weighted by Gasteiger charge is -2.20. The van der Waals surface area contributed by atoms with Gasteiger partial charge in [-0.05, 0) is 45.9 Å². The van der Waals surface area contributed by atoms with Crippen LogP contribution in [0.4, 0.5) is 16.2 Å². The average Bonchev–Trinajstić information content (AvgIpc) is 2.26. The molecule has 1 unspecified atom stereocenters. The second-order valence-electron chi connectivity index (χ2n) is 5.49. The number of nitrogens with two attached hydrogens (primary N) is 1. The highest BCUT2D eigenvalue weighted by Gasteiger charge is 2.16. The molecule has 0 saturated carbocycles. The van der Waals surface area contributed by atoms with E-state index in [1.54, 1.807) is 0 Å². The number of hydrogen-bond donors (Lipinski definition) is 3. The number of benzene rings is 1. The fourth-order valence-corrected chi connectivity index (χ4v) is 1.45. The van der Waals surface area contributed by atoms with Crippen LogP contribution in [0.25, 0.3) is 0 Å². The molecule has 5 heteroatoms. The normalized spacial score (nSPS) is 12.7. The number of nitrogens with one attached hydrogen (secondary N) is 2. The van der Waals surface area contributed by atoms with Gasteiger partial charge in [0.1, 0.15) is 5.60 Å². The predicted octanol–water partition coefficient (Wildman–Crippen LogP) is 2.79. The van der Waals surface area contributed by atoms with Crippen molar-refractivity contribution in [1.82, 2.24) is 0 Å². The number of carbonyl (C=O) groups is 1. The van der Waals surface area contributed by atoms with Crippen molar-refractivity contribution in [2.45, 2.75) is 39.3 Å². The van der Waals surface area contributed by atoms with Gasteiger partial charge in [0.15, 0.2) is 0 Å². The molecular weight excluding hydrogens is 242 g/mol. The van der Waals surface area contributed by atoms with E-state index in [9.17, 15) is 4.79 Å². The molecule has 1 atom stereocenters. The van der Waals surface area contributed by atoms with Crippen molar-refractivity contribution in [3.05, 3.63) is 24.3 Å². The quantitative estimate of drug-likeness (QED) is 0.782. The minimum absolute atomic E-state index is 0.178. The van der Waals surface area contributed by atoms with Crippen LogP contribution in [0.15, 0.2) is 24.3 Å². The Hall–Kier alpha value is -1.75. The molecular formula is C14H23N3O2. The third-order valence-electron chi connectivity index (χ3n) is 2.27. The van der Waals surface area contributed by atoms with Crippen molar-refractivity contribution >= 4 is 17.5 Å². The first-order valence-electron chi connectivity index (χ1n) is 6.37. The standard InChI is InChI=1S/C14H23N3O2/c1-10(9-15)16-11-6-5-7-12(8-11)17-13(18)19-14(2,3)4/h5-8,10,16H,9,15H2,1-4H3,(H,17,18). The lowest BCUT2D eigenvalue weighted by Crippen LogP contribution is -2.27. The Morgan fingerprint density at radius 3 is 2.58 bits per heavy atom. The maximum absolute atomic E-state index is 11.6. The number of amides is 1. The summed E-state index contributed by atoms with van der Waals surface area (Å²) in [4.78, 5) is 11.6. The van der Waals surface area contributed by atoms with E-state index in [0.29, 0.717) is 12.2 Å². The summed E-state index contributed by atoms with van der Waals surface area (Å²) in [6.45, 7) is 8.02. The fraction of sp³-hybridized carbons (Fsp3) is 0.500. The van der Waals surface area contributed by atoms with Crippen molar-refractivity contribution in [2.75, 3.05) is 17.2 Å². The van der Waals surface area contributed by atoms with Gasteiger partial charge in [-0.15, -0.1) is 0 Å². The van der Waals surface area contributed by atoms with Crippen LogP contribution in [0, 0.1) is 0 Å². The highest BCUT2D eigenvalue weighted by atomic mass is 16.6. The molecule has 0 heterocycles. The van der Waals surface area contributed by atoms with E-state index < -0.39 is 11.7 Å². The van der Waals surface area contributed by atoms with Gasteiger partial charge in [-0.2, -0.15) is 0 Å². The molecule has 0 fully saturated rings. The van der Waals surface area contributed by atoms with E-state index >= 15 is 0 Å². The zero-order chi connectivity index (χ0) is 14.5. The highest BCUT2D eigenvalue weighted by molar-refractivity contribution is 5.85. The molecule has 1 amide bonds. The number of anilines is 2. The Kier molecular flexibility index (Phi) is 5.18. The monoisotopic (exact) mass is 265 g/mol. The summed E-state index contributed by atoms with van der Waals surface area (Å²) in [7, 11) is 0. The van der Waals surface area contributed by atoms with Gasteiger partial charge in [-0.25, -0.2) is 4.79 Å². The molecule has 106 valence electrons. The van der Waals surface area contributed by atoms with Gasteiger partial charge < -0.3 is 15.8 Å². The minimum atomic E-state index is -0.506. The van der Waals surface area contributed by atoms with E-state index in [4.69, 9.17) is 10.5 Å². The van der Waals surface area contributed by atoms with Crippen LogP contribution in [0.5, 0.6) is 0 Å². The van der Waals surface area contributed by atoms with Crippen LogP contribution >= 0.6 is 0 Å². The summed E-state index contributed by atoms with van der Waals surface area (Å²) in [6.07, 6.45) is -0.462. The maximum atomic E-state index is 11.6. The van der Waals surface area contributed by atoms with Crippen LogP contribution < -0.4 is 16.4 Å². The van der Waals surface area contributed by atoms with Gasteiger partial charge in [0.05, 0.1) is 0 Å². The van der Waals surface area contributed by atoms with Gasteiger partial charge >= 0.3 is 6.09 Å². The SMILES string of the molecule is CC(CN)Nc1cccc(NC(=O)OC(C)(C)C)c1. The lowest BCUT2D eigenvalue weighted by molar-refractivity contribution is 0.0636. The first-order chi connectivity index (χ1) is 8.80. The molecule has 0 aliphatic heterocycles. The molecule has 1 aromatic carbocycles. The zero-order valence-corrected chi connectivity index (χ0v) is 12.0. The second kappa shape index (κ2) is 6.43. The molecule has 5 nitrogen and oxygen atoms in total. The first-order valence-corrected chi connectivity index (χ1v) is 6.37. The number of hydrogen-bond acceptors (Lipinski definition) is 4. The van der Waals surface area contributed by atoms with Gasteiger partial charge in [-0.1, -0.05) is 6.07 Å². The lowest BCUT2D eigenvalue weighted by atomic mass is 10.2. The highest BCUT2D eigenvalue weighted by Crippen LogP contribution is 2.17. The van der Waals surface area contributed by atoms with E-state index in [-0.39, 0.29) is 6.04 Å². The van der Waals surface area contributed by atoms with Crippen molar-refractivity contribution in [2.24, 2.45) is 5.73 Å². The van der Waals surface area contributed by atoms with Crippen molar-refractivity contribution < 1.29 is 9.53 Å². The maximum Gasteiger partial charge on any atom is 0.412 e. The summed E-state index contributed by atoms with van der Waals surface area (Å²) in [5.41, 5.74) is 6.64. The molecule has 0 aliphatic rings. The second-order valence-corrected chi connectivity index (χ2v) is 5.49. The van der Waals surface area contributed by atoms with Crippen LogP contribution in [-0.4, -0.2) is 24.3 Å². The van der Waals surface area contributed by atoms with E-state index in [2.05, 4.69) is 10.6 Å². The van der Waals surface area contributed by atoms with E-state index in [1.165, 1.54) is 0 Å². The predicted molar refractivity (Wildman–Crippen MR) is 78.4 cm³/mol. The Labute approximate surface area is 114 Å². The Morgan fingerprint density at radius 1 is 1.37 bits per heavy atom. The van der Waals surface area contributed by atoms with Gasteiger partial charge in [0.2, 0.25) is 0 Å². The molecule has 1 rings (SSSR count). The number of rotatable bonds is 4. The largest absolute Gasteiger partial charge is 0.444 e. The summed E-state index contributed by atoms with van der Waals surface area (Å²) in [6, 6.07) is 7.61. The number of carbonyl (C=O) groups excluding carboxylic acids is 1. The molecule has 19 heavy (non-hydrogen) atoms. The van der Waals surface area contributed by atoms with Gasteiger partial charge in [-0.3, -0.25) is 5.32 Å². The van der Waals surface area contributed by atoms with Crippen LogP contribution in [0.2, 0.25) is 0 Å². The fourth-order valence-electron chi connectivity index (χ4n) is 1.45. The summed E-state index contributed by atoms with van der Waals surface area (Å²) >= 11 is 0. The average molecular weight is 265 g/mol. The molecule has 0 spiro atoms. The number of ether oxygens (including phenoxy) is 1. The summed E-state index contributed by atoms with van der Waals surface area (Å²) < 4.78 is 5.19. The molecule has 0 radical (unpaired) electrons. The van der Waals surface area contributed by atoms with Gasteiger partial charge in [0, 0.05) is 24.0 Å². The smallest absolute Gasteiger partial charge is 0.412 e. The summed E-state index contributed by atoms with van der Waals surface area (Å²) in [5.74, 6) is 0. The van der Waals surface area contributed by atoms with Crippen molar-refractivity contribution in [3.63, 3.8) is 0 Å². The molecule has 0 aliphatic carbocycles. The van der Waals surface area contributed by atoms with Crippen LogP contribution in [0.3, 0.4) is 0 Å². The molecule has 1 aromatic rings. The van der Waals surface area contributed by atoms with E-state index in [1.807, 2.05) is 52.0 Å². The van der Waals surface area contributed by atoms with Crippen molar-refractivity contribution in [3.8, 4) is 0 Å². The Bertz CT molecular complexity index is 427. The van der Waals surface area contributed by atoms with Crippen LogP contribution in [0.1, 0.15) is 27.7 Å². The molecule has 0 aromatic heterocycles. The zero-order valence-electron chi connectivity index (χ0n) is 12.0. The minimum Gasteiger partial charge on any atom is -0.444 e. The Morgan fingerprint density at radius 2 is 2.00 bits per heavy atom. The van der Waals surface area contributed by atoms with Crippen molar-refractivity contribution in [1.29, 1.82) is 0 Å². The van der Waals surface area contributed by atoms with Crippen LogP contribution in [-0.2, 0) is 4.74 Å². The van der Waals surface area contributed by atoms with Gasteiger partial charge in [0.25, 0.3) is 0 Å². The van der Waals surface area contributed by atoms with E-state index in [0.717, 1.165) is 5.69 Å². The molecule has 0 bridgehead atoms.